The van der Waals surface area contributed by atoms with Crippen molar-refractivity contribution in [3.8, 4) is 11.5 Å². The molecular weight excluding hydrogens is 548 g/mol. The molecular formula is C34H31ClN4O3. The van der Waals surface area contributed by atoms with E-state index < -0.39 is 0 Å². The van der Waals surface area contributed by atoms with Crippen molar-refractivity contribution in [2.75, 3.05) is 33.0 Å². The van der Waals surface area contributed by atoms with Gasteiger partial charge in [-0.25, -0.2) is 4.98 Å². The summed E-state index contributed by atoms with van der Waals surface area (Å²) in [6.45, 7) is 3.12. The number of rotatable bonds is 7. The summed E-state index contributed by atoms with van der Waals surface area (Å²) in [6, 6.07) is 31.0. The van der Waals surface area contributed by atoms with Crippen molar-refractivity contribution < 1.29 is 14.3 Å². The molecule has 0 aliphatic carbocycles. The number of imidazole rings is 1. The van der Waals surface area contributed by atoms with Crippen molar-refractivity contribution in [2.24, 2.45) is 0 Å². The van der Waals surface area contributed by atoms with Crippen LogP contribution in [0.3, 0.4) is 0 Å². The number of hydrogen-bond donors (Lipinski definition) is 0. The van der Waals surface area contributed by atoms with Gasteiger partial charge in [-0.05, 0) is 41.0 Å². The Labute approximate surface area is 249 Å². The Morgan fingerprint density at radius 3 is 2.21 bits per heavy atom. The Balaban J connectivity index is 1.13. The van der Waals surface area contributed by atoms with Gasteiger partial charge >= 0.3 is 0 Å². The van der Waals surface area contributed by atoms with E-state index in [1.165, 1.54) is 11.1 Å². The van der Waals surface area contributed by atoms with Crippen LogP contribution in [0.2, 0.25) is 5.02 Å². The minimum absolute atomic E-state index is 0.116. The molecule has 212 valence electrons. The van der Waals surface area contributed by atoms with Crippen molar-refractivity contribution in [1.82, 2.24) is 19.2 Å². The first-order chi connectivity index (χ1) is 20.6. The molecule has 1 amide bonds. The SMILES string of the molecule is O=C(CC(c1ccc2c(c1)OCO2)c1cnc2ccc(Cl)cn12)N1CCN(C(c2ccccc2)c2ccccc2)CC1. The topological polar surface area (TPSA) is 59.3 Å². The molecule has 1 fully saturated rings. The molecule has 3 aromatic carbocycles. The second-order valence-corrected chi connectivity index (χ2v) is 11.2. The van der Waals surface area contributed by atoms with Gasteiger partial charge < -0.3 is 18.8 Å². The van der Waals surface area contributed by atoms with Crippen LogP contribution >= 0.6 is 11.6 Å². The van der Waals surface area contributed by atoms with Crippen LogP contribution in [0.15, 0.2) is 103 Å². The minimum Gasteiger partial charge on any atom is -0.454 e. The largest absolute Gasteiger partial charge is 0.454 e. The number of hydrogen-bond acceptors (Lipinski definition) is 5. The lowest BCUT2D eigenvalue weighted by Crippen LogP contribution is -2.50. The highest BCUT2D eigenvalue weighted by molar-refractivity contribution is 6.30. The van der Waals surface area contributed by atoms with Crippen molar-refractivity contribution in [3.05, 3.63) is 131 Å². The Kier molecular flexibility index (Phi) is 7.28. The number of pyridine rings is 1. The Hall–Kier alpha value is -4.33. The van der Waals surface area contributed by atoms with E-state index >= 15 is 0 Å². The highest BCUT2D eigenvalue weighted by Gasteiger charge is 2.31. The second kappa shape index (κ2) is 11.5. The number of amides is 1. The number of piperazine rings is 1. The molecule has 0 N–H and O–H groups in total. The van der Waals surface area contributed by atoms with Crippen LogP contribution < -0.4 is 9.47 Å². The third-order valence-electron chi connectivity index (χ3n) is 8.30. The molecule has 0 saturated carbocycles. The minimum atomic E-state index is -0.236. The van der Waals surface area contributed by atoms with Crippen LogP contribution in [0.1, 0.15) is 40.8 Å². The smallest absolute Gasteiger partial charge is 0.231 e. The highest BCUT2D eigenvalue weighted by Crippen LogP contribution is 2.38. The molecule has 0 bridgehead atoms. The molecule has 1 saturated heterocycles. The summed E-state index contributed by atoms with van der Waals surface area (Å²) in [7, 11) is 0. The summed E-state index contributed by atoms with van der Waals surface area (Å²) in [6.07, 6.45) is 4.01. The van der Waals surface area contributed by atoms with Gasteiger partial charge in [-0.2, -0.15) is 0 Å². The third-order valence-corrected chi connectivity index (χ3v) is 8.52. The number of halogens is 1. The molecule has 5 aromatic rings. The molecule has 7 rings (SSSR count). The summed E-state index contributed by atoms with van der Waals surface area (Å²) < 4.78 is 13.2. The van der Waals surface area contributed by atoms with Gasteiger partial charge in [0, 0.05) is 50.9 Å². The molecule has 2 aromatic heterocycles. The Bertz CT molecular complexity index is 1660. The summed E-state index contributed by atoms with van der Waals surface area (Å²) in [5.41, 5.74) is 5.19. The fourth-order valence-corrected chi connectivity index (χ4v) is 6.33. The zero-order valence-electron chi connectivity index (χ0n) is 23.1. The molecule has 1 unspecified atom stereocenters. The van der Waals surface area contributed by atoms with Gasteiger partial charge in [-0.15, -0.1) is 0 Å². The third kappa shape index (κ3) is 5.22. The monoisotopic (exact) mass is 578 g/mol. The normalized spacial score (nSPS) is 15.8. The van der Waals surface area contributed by atoms with Gasteiger partial charge in [0.15, 0.2) is 11.5 Å². The molecule has 4 heterocycles. The first kappa shape index (κ1) is 26.6. The van der Waals surface area contributed by atoms with Crippen LogP contribution in [-0.2, 0) is 4.79 Å². The zero-order valence-corrected chi connectivity index (χ0v) is 23.9. The average Bonchev–Trinajstić information content (AvgIpc) is 3.68. The van der Waals surface area contributed by atoms with Crippen molar-refractivity contribution in [2.45, 2.75) is 18.4 Å². The molecule has 7 nitrogen and oxygen atoms in total. The Morgan fingerprint density at radius 2 is 1.50 bits per heavy atom. The van der Waals surface area contributed by atoms with Crippen molar-refractivity contribution >= 4 is 23.2 Å². The number of nitrogens with zero attached hydrogens (tertiary/aromatic N) is 4. The van der Waals surface area contributed by atoms with E-state index in [0.717, 1.165) is 30.0 Å². The van der Waals surface area contributed by atoms with Gasteiger partial charge in [0.1, 0.15) is 5.65 Å². The fraction of sp³-hybridized carbons (Fsp3) is 0.235. The number of ether oxygens (including phenoxy) is 2. The highest BCUT2D eigenvalue weighted by atomic mass is 35.5. The number of aromatic nitrogens is 2. The van der Waals surface area contributed by atoms with E-state index in [9.17, 15) is 4.79 Å². The Morgan fingerprint density at radius 1 is 0.810 bits per heavy atom. The second-order valence-electron chi connectivity index (χ2n) is 10.8. The first-order valence-corrected chi connectivity index (χ1v) is 14.7. The van der Waals surface area contributed by atoms with Gasteiger partial charge in [0.25, 0.3) is 0 Å². The fourth-order valence-electron chi connectivity index (χ4n) is 6.17. The quantitative estimate of drug-likeness (QED) is 0.231. The van der Waals surface area contributed by atoms with Gasteiger partial charge in [0.05, 0.1) is 16.8 Å². The van der Waals surface area contributed by atoms with Crippen molar-refractivity contribution in [3.63, 3.8) is 0 Å². The summed E-state index contributed by atoms with van der Waals surface area (Å²) in [4.78, 5) is 23.0. The van der Waals surface area contributed by atoms with Crippen LogP contribution in [0.5, 0.6) is 11.5 Å². The molecule has 42 heavy (non-hydrogen) atoms. The van der Waals surface area contributed by atoms with Crippen LogP contribution in [0.4, 0.5) is 0 Å². The molecule has 8 heteroatoms. The summed E-state index contributed by atoms with van der Waals surface area (Å²) in [5.74, 6) is 1.29. The van der Waals surface area contributed by atoms with E-state index in [0.29, 0.717) is 36.0 Å². The lowest BCUT2D eigenvalue weighted by molar-refractivity contribution is -0.133. The van der Waals surface area contributed by atoms with Crippen LogP contribution in [-0.4, -0.2) is 58.1 Å². The number of fused-ring (bicyclic) bond motifs is 2. The number of carbonyl (C=O) groups is 1. The maximum atomic E-state index is 13.9. The number of carbonyl (C=O) groups excluding carboxylic acids is 1. The van der Waals surface area contributed by atoms with E-state index in [-0.39, 0.29) is 24.7 Å². The predicted octanol–water partition coefficient (Wildman–Crippen LogP) is 6.17. The molecule has 2 aliphatic rings. The van der Waals surface area contributed by atoms with Gasteiger partial charge in [-0.3, -0.25) is 9.69 Å². The van der Waals surface area contributed by atoms with E-state index in [2.05, 4.69) is 70.5 Å². The van der Waals surface area contributed by atoms with Crippen LogP contribution in [0.25, 0.3) is 5.65 Å². The lowest BCUT2D eigenvalue weighted by atomic mass is 9.91. The van der Waals surface area contributed by atoms with E-state index in [1.54, 1.807) is 0 Å². The maximum absolute atomic E-state index is 13.9. The number of benzene rings is 3. The molecule has 0 spiro atoms. The lowest BCUT2D eigenvalue weighted by Gasteiger charge is -2.40. The van der Waals surface area contributed by atoms with E-state index in [1.807, 2.05) is 52.0 Å². The first-order valence-electron chi connectivity index (χ1n) is 14.3. The standard InChI is InChI=1S/C34H31ClN4O3/c35-27-12-14-32-36-21-29(39(32)22-27)28(26-11-13-30-31(19-26)42-23-41-30)20-33(40)37-15-17-38(18-16-37)34(24-7-3-1-4-8-24)25-9-5-2-6-10-25/h1-14,19,21-22,28,34H,15-18,20,23H2. The molecule has 2 aliphatic heterocycles. The predicted molar refractivity (Wildman–Crippen MR) is 162 cm³/mol. The van der Waals surface area contributed by atoms with Gasteiger partial charge in [0.2, 0.25) is 12.7 Å². The average molecular weight is 579 g/mol. The van der Waals surface area contributed by atoms with Gasteiger partial charge in [-0.1, -0.05) is 78.3 Å². The summed E-state index contributed by atoms with van der Waals surface area (Å²) in [5, 5.41) is 0.611. The molecule has 0 radical (unpaired) electrons. The van der Waals surface area contributed by atoms with Crippen LogP contribution in [0, 0.1) is 0 Å². The van der Waals surface area contributed by atoms with Crippen molar-refractivity contribution in [1.29, 1.82) is 0 Å². The zero-order chi connectivity index (χ0) is 28.5. The summed E-state index contributed by atoms with van der Waals surface area (Å²) >= 11 is 6.37. The molecule has 1 atom stereocenters. The maximum Gasteiger partial charge on any atom is 0.231 e. The van der Waals surface area contributed by atoms with E-state index in [4.69, 9.17) is 21.1 Å².